The number of furan rings is 1. The number of hydrogen-bond acceptors (Lipinski definition) is 5. The van der Waals surface area contributed by atoms with Gasteiger partial charge >= 0.3 is 0 Å². The van der Waals surface area contributed by atoms with Crippen molar-refractivity contribution in [2.75, 3.05) is 0 Å². The van der Waals surface area contributed by atoms with E-state index in [2.05, 4.69) is 55.6 Å². The Labute approximate surface area is 279 Å². The number of hydrogen-bond donors (Lipinski definition) is 0. The van der Waals surface area contributed by atoms with Crippen molar-refractivity contribution < 1.29 is 8.98 Å². The second-order valence-electron chi connectivity index (χ2n) is 12.8. The van der Waals surface area contributed by atoms with Crippen molar-refractivity contribution in [3.05, 3.63) is 146 Å². The summed E-state index contributed by atoms with van der Waals surface area (Å²) in [5.41, 5.74) is 4.14. The van der Waals surface area contributed by atoms with Crippen LogP contribution in [0.4, 0.5) is 0 Å². The number of aromatic nitrogens is 3. The SMILES string of the molecule is C[Si]1(C)c2ccccc2P(=O)(c2ccccc2)c2cc3oc4cc(-c5nc(-c6ccccc6)nc(-c6ccccc6)n5)ccc4c3cc21. The fraction of sp³-hybridized carbons (Fsp3) is 0.0488. The summed E-state index contributed by atoms with van der Waals surface area (Å²) in [7, 11) is -5.37. The van der Waals surface area contributed by atoms with Crippen molar-refractivity contribution in [2.24, 2.45) is 0 Å². The van der Waals surface area contributed by atoms with Crippen LogP contribution in [-0.2, 0) is 4.57 Å². The lowest BCUT2D eigenvalue weighted by Crippen LogP contribution is -2.67. The van der Waals surface area contributed by atoms with Crippen molar-refractivity contribution in [2.45, 2.75) is 13.1 Å². The third-order valence-corrected chi connectivity index (χ3v) is 16.7. The van der Waals surface area contributed by atoms with Crippen LogP contribution in [0.1, 0.15) is 0 Å². The molecule has 0 fully saturated rings. The largest absolute Gasteiger partial charge is 0.456 e. The van der Waals surface area contributed by atoms with E-state index in [1.54, 1.807) is 0 Å². The van der Waals surface area contributed by atoms with Crippen LogP contribution in [0.5, 0.6) is 0 Å². The van der Waals surface area contributed by atoms with Crippen molar-refractivity contribution in [3.63, 3.8) is 0 Å². The molecule has 2 aromatic heterocycles. The Morgan fingerprint density at radius 3 is 1.69 bits per heavy atom. The minimum Gasteiger partial charge on any atom is -0.456 e. The summed E-state index contributed by atoms with van der Waals surface area (Å²) in [5.74, 6) is 1.79. The predicted molar refractivity (Wildman–Crippen MR) is 200 cm³/mol. The molecule has 0 radical (unpaired) electrons. The summed E-state index contributed by atoms with van der Waals surface area (Å²) in [6, 6.07) is 48.7. The van der Waals surface area contributed by atoms with E-state index in [1.807, 2.05) is 103 Å². The fourth-order valence-corrected chi connectivity index (χ4v) is 15.3. The maximum atomic E-state index is 15.5. The summed E-state index contributed by atoms with van der Waals surface area (Å²) >= 11 is 0. The lowest BCUT2D eigenvalue weighted by atomic mass is 10.1. The summed E-state index contributed by atoms with van der Waals surface area (Å²) in [4.78, 5) is 14.7. The topological polar surface area (TPSA) is 68.9 Å². The second kappa shape index (κ2) is 10.8. The van der Waals surface area contributed by atoms with Gasteiger partial charge in [-0.2, -0.15) is 0 Å². The van der Waals surface area contributed by atoms with Gasteiger partial charge in [0.2, 0.25) is 0 Å². The minimum atomic E-state index is -3.15. The second-order valence-corrected chi connectivity index (χ2v) is 19.8. The third kappa shape index (κ3) is 4.37. The van der Waals surface area contributed by atoms with E-state index in [0.717, 1.165) is 54.5 Å². The molecule has 0 saturated carbocycles. The van der Waals surface area contributed by atoms with E-state index >= 15 is 4.57 Å². The lowest BCUT2D eigenvalue weighted by Gasteiger charge is -2.38. The molecular weight excluding hydrogens is 626 g/mol. The highest BCUT2D eigenvalue weighted by molar-refractivity contribution is 7.87. The average molecular weight is 656 g/mol. The molecule has 6 aromatic carbocycles. The summed E-state index contributed by atoms with van der Waals surface area (Å²) in [5, 5.41) is 7.17. The van der Waals surface area contributed by atoms with E-state index in [1.165, 1.54) is 10.4 Å². The highest BCUT2D eigenvalue weighted by Gasteiger charge is 2.46. The molecule has 3 heterocycles. The third-order valence-electron chi connectivity index (χ3n) is 9.60. The van der Waals surface area contributed by atoms with E-state index in [4.69, 9.17) is 19.4 Å². The monoisotopic (exact) mass is 655 g/mol. The molecule has 48 heavy (non-hydrogen) atoms. The number of fused-ring (bicyclic) bond motifs is 5. The van der Waals surface area contributed by atoms with Crippen LogP contribution in [-0.4, -0.2) is 23.0 Å². The first-order valence-corrected chi connectivity index (χ1v) is 20.8. The quantitative estimate of drug-likeness (QED) is 0.145. The fourth-order valence-electron chi connectivity index (χ4n) is 7.12. The standard InChI is InChI=1S/C41H30N3O2PSi/c1-48(2)37-21-13-12-20-35(37)47(45,30-18-10-5-11-19-30)36-26-34-32(25-38(36)48)31-23-22-29(24-33(31)46-34)41-43-39(27-14-6-3-7-15-27)42-40(44-41)28-16-8-4-9-17-28/h3-26H,1-2H3. The average Bonchev–Trinajstić information content (AvgIpc) is 3.51. The Bertz CT molecular complexity index is 2510. The molecule has 1 atom stereocenters. The van der Waals surface area contributed by atoms with Crippen molar-refractivity contribution in [3.8, 4) is 34.2 Å². The first-order chi connectivity index (χ1) is 23.4. The molecule has 0 amide bonds. The zero-order valence-electron chi connectivity index (χ0n) is 26.5. The summed E-state index contributed by atoms with van der Waals surface area (Å²) < 4.78 is 22.1. The van der Waals surface area contributed by atoms with Crippen LogP contribution in [0.2, 0.25) is 13.1 Å². The van der Waals surface area contributed by atoms with E-state index in [-0.39, 0.29) is 0 Å². The maximum absolute atomic E-state index is 15.5. The Balaban J connectivity index is 1.25. The molecule has 8 aromatic rings. The van der Waals surface area contributed by atoms with Gasteiger partial charge in [-0.3, -0.25) is 0 Å². The van der Waals surface area contributed by atoms with Gasteiger partial charge in [0.1, 0.15) is 19.2 Å². The van der Waals surface area contributed by atoms with Crippen LogP contribution in [0.3, 0.4) is 0 Å². The normalized spacial score (nSPS) is 16.5. The van der Waals surface area contributed by atoms with Gasteiger partial charge in [-0.25, -0.2) is 15.0 Å². The van der Waals surface area contributed by atoms with Gasteiger partial charge in [-0.1, -0.05) is 140 Å². The Kier molecular flexibility index (Phi) is 6.48. The molecule has 7 heteroatoms. The number of benzene rings is 6. The van der Waals surface area contributed by atoms with Crippen LogP contribution in [0.15, 0.2) is 150 Å². The first kappa shape index (κ1) is 28.8. The summed E-state index contributed by atoms with van der Waals surface area (Å²) in [6.07, 6.45) is 0. The van der Waals surface area contributed by atoms with Gasteiger partial charge < -0.3 is 8.98 Å². The molecule has 0 aliphatic carbocycles. The van der Waals surface area contributed by atoms with E-state index in [9.17, 15) is 0 Å². The Morgan fingerprint density at radius 2 is 1.04 bits per heavy atom. The van der Waals surface area contributed by atoms with Gasteiger partial charge in [-0.05, 0) is 28.6 Å². The highest BCUT2D eigenvalue weighted by Crippen LogP contribution is 2.45. The molecule has 0 bridgehead atoms. The van der Waals surface area contributed by atoms with Crippen molar-refractivity contribution in [1.82, 2.24) is 15.0 Å². The predicted octanol–water partition coefficient (Wildman–Crippen LogP) is 7.55. The number of rotatable bonds is 4. The Morgan fingerprint density at radius 1 is 0.500 bits per heavy atom. The molecule has 1 aliphatic rings. The molecular formula is C41H30N3O2PSi. The molecule has 1 unspecified atom stereocenters. The first-order valence-electron chi connectivity index (χ1n) is 16.1. The minimum absolute atomic E-state index is 0.571. The molecule has 0 spiro atoms. The summed E-state index contributed by atoms with van der Waals surface area (Å²) in [6.45, 7) is 4.72. The molecule has 230 valence electrons. The number of nitrogens with zero attached hydrogens (tertiary/aromatic N) is 3. The van der Waals surface area contributed by atoms with Crippen LogP contribution >= 0.6 is 7.14 Å². The zero-order chi connectivity index (χ0) is 32.5. The Hall–Kier alpha value is -5.42. The van der Waals surface area contributed by atoms with Gasteiger partial charge in [-0.15, -0.1) is 0 Å². The molecule has 0 saturated heterocycles. The van der Waals surface area contributed by atoms with Gasteiger partial charge in [0.25, 0.3) is 0 Å². The highest BCUT2D eigenvalue weighted by atomic mass is 31.2. The zero-order valence-corrected chi connectivity index (χ0v) is 28.4. The van der Waals surface area contributed by atoms with Crippen LogP contribution < -0.4 is 26.3 Å². The van der Waals surface area contributed by atoms with Gasteiger partial charge in [0.05, 0.1) is 0 Å². The van der Waals surface area contributed by atoms with Crippen molar-refractivity contribution in [1.29, 1.82) is 0 Å². The van der Waals surface area contributed by atoms with Crippen molar-refractivity contribution >= 4 is 63.4 Å². The van der Waals surface area contributed by atoms with Gasteiger partial charge in [0, 0.05) is 43.4 Å². The molecule has 1 aliphatic heterocycles. The van der Waals surface area contributed by atoms with Crippen LogP contribution in [0.25, 0.3) is 56.1 Å². The maximum Gasteiger partial charge on any atom is 0.170 e. The lowest BCUT2D eigenvalue weighted by molar-refractivity contribution is 0.592. The molecule has 0 N–H and O–H groups in total. The van der Waals surface area contributed by atoms with E-state index < -0.39 is 15.2 Å². The molecule has 5 nitrogen and oxygen atoms in total. The van der Waals surface area contributed by atoms with Crippen LogP contribution in [0, 0.1) is 0 Å². The van der Waals surface area contributed by atoms with Gasteiger partial charge in [0.15, 0.2) is 24.6 Å². The van der Waals surface area contributed by atoms with E-state index in [0.29, 0.717) is 17.5 Å². The molecule has 9 rings (SSSR count). The smallest absolute Gasteiger partial charge is 0.170 e.